The van der Waals surface area contributed by atoms with Gasteiger partial charge in [-0.2, -0.15) is 5.26 Å². The van der Waals surface area contributed by atoms with Crippen molar-refractivity contribution in [2.45, 2.75) is 6.42 Å². The molecular weight excluding hydrogens is 205 g/mol. The molecule has 4 heteroatoms. The largest absolute Gasteiger partial charge is 0.384 e. The predicted molar refractivity (Wildman–Crippen MR) is 61.9 cm³/mol. The Morgan fingerprint density at radius 2 is 2.19 bits per heavy atom. The average molecular weight is 222 g/mol. The lowest BCUT2D eigenvalue weighted by atomic mass is 10.2. The summed E-state index contributed by atoms with van der Waals surface area (Å²) in [5.41, 5.74) is 0.677. The Kier molecular flexibility index (Phi) is 4.74. The third-order valence-corrected chi connectivity index (χ3v) is 2.29. The SMILES string of the molecule is C[NH+](C)CCCNc1cccc(F)c1C#N. The maximum atomic E-state index is 13.2. The predicted octanol–water partition coefficient (Wildman–Crippen LogP) is 0.644. The third-order valence-electron chi connectivity index (χ3n) is 2.29. The van der Waals surface area contributed by atoms with Crippen LogP contribution in [0.15, 0.2) is 18.2 Å². The summed E-state index contributed by atoms with van der Waals surface area (Å²) in [4.78, 5) is 1.38. The third kappa shape index (κ3) is 3.52. The molecular formula is C12H17FN3+. The van der Waals surface area contributed by atoms with Crippen molar-refractivity contribution >= 4 is 5.69 Å². The molecule has 0 bridgehead atoms. The van der Waals surface area contributed by atoms with Gasteiger partial charge in [0.05, 0.1) is 26.3 Å². The maximum Gasteiger partial charge on any atom is 0.143 e. The highest BCUT2D eigenvalue weighted by Crippen LogP contribution is 2.17. The molecule has 0 fully saturated rings. The molecule has 0 atom stereocenters. The highest BCUT2D eigenvalue weighted by molar-refractivity contribution is 5.57. The fourth-order valence-corrected chi connectivity index (χ4v) is 1.45. The van der Waals surface area contributed by atoms with Gasteiger partial charge in [0.2, 0.25) is 0 Å². The van der Waals surface area contributed by atoms with E-state index in [9.17, 15) is 4.39 Å². The number of quaternary nitrogens is 1. The van der Waals surface area contributed by atoms with E-state index in [1.807, 2.05) is 6.07 Å². The molecule has 0 spiro atoms. The standard InChI is InChI=1S/C12H16FN3/c1-16(2)8-4-7-15-12-6-3-5-11(13)10(12)9-14/h3,5-6,15H,4,7-8H2,1-2H3/p+1. The summed E-state index contributed by atoms with van der Waals surface area (Å²) in [7, 11) is 4.17. The van der Waals surface area contributed by atoms with Gasteiger partial charge >= 0.3 is 0 Å². The minimum absolute atomic E-state index is 0.0969. The van der Waals surface area contributed by atoms with Crippen molar-refractivity contribution in [3.05, 3.63) is 29.6 Å². The summed E-state index contributed by atoms with van der Waals surface area (Å²) in [5, 5.41) is 11.9. The van der Waals surface area contributed by atoms with Gasteiger partial charge in [0.25, 0.3) is 0 Å². The van der Waals surface area contributed by atoms with Crippen LogP contribution in [0.2, 0.25) is 0 Å². The Balaban J connectivity index is 2.54. The number of halogens is 1. The summed E-state index contributed by atoms with van der Waals surface area (Å²) >= 11 is 0. The molecule has 1 aromatic rings. The zero-order valence-corrected chi connectivity index (χ0v) is 9.68. The average Bonchev–Trinajstić information content (AvgIpc) is 2.24. The summed E-state index contributed by atoms with van der Waals surface area (Å²) in [6.45, 7) is 1.80. The second kappa shape index (κ2) is 6.09. The number of nitriles is 1. The highest BCUT2D eigenvalue weighted by atomic mass is 19.1. The molecule has 16 heavy (non-hydrogen) atoms. The normalized spacial score (nSPS) is 10.2. The lowest BCUT2D eigenvalue weighted by Crippen LogP contribution is -3.05. The van der Waals surface area contributed by atoms with Crippen molar-refractivity contribution in [2.75, 3.05) is 32.5 Å². The quantitative estimate of drug-likeness (QED) is 0.718. The van der Waals surface area contributed by atoms with Crippen LogP contribution in [-0.2, 0) is 0 Å². The molecule has 1 aromatic carbocycles. The van der Waals surface area contributed by atoms with Gasteiger partial charge in [0, 0.05) is 13.0 Å². The first kappa shape index (κ1) is 12.5. The Morgan fingerprint density at radius 1 is 1.44 bits per heavy atom. The van der Waals surface area contributed by atoms with Crippen molar-refractivity contribution in [2.24, 2.45) is 0 Å². The molecule has 0 aromatic heterocycles. The molecule has 0 amide bonds. The second-order valence-corrected chi connectivity index (χ2v) is 4.01. The van der Waals surface area contributed by atoms with Gasteiger partial charge < -0.3 is 10.2 Å². The molecule has 0 radical (unpaired) electrons. The van der Waals surface area contributed by atoms with Crippen molar-refractivity contribution in [1.82, 2.24) is 0 Å². The molecule has 1 rings (SSSR count). The Bertz CT molecular complexity index is 382. The van der Waals surface area contributed by atoms with Crippen LogP contribution in [0.1, 0.15) is 12.0 Å². The summed E-state index contributed by atoms with van der Waals surface area (Å²) in [6.07, 6.45) is 0.990. The van der Waals surface area contributed by atoms with E-state index in [4.69, 9.17) is 5.26 Å². The summed E-state index contributed by atoms with van der Waals surface area (Å²) < 4.78 is 13.2. The smallest absolute Gasteiger partial charge is 0.143 e. The van der Waals surface area contributed by atoms with E-state index in [2.05, 4.69) is 19.4 Å². The van der Waals surface area contributed by atoms with Gasteiger partial charge in [0.1, 0.15) is 17.4 Å². The highest BCUT2D eigenvalue weighted by Gasteiger charge is 2.06. The second-order valence-electron chi connectivity index (χ2n) is 4.01. The van der Waals surface area contributed by atoms with Crippen LogP contribution in [0.25, 0.3) is 0 Å². The van der Waals surface area contributed by atoms with E-state index in [1.165, 1.54) is 11.0 Å². The minimum atomic E-state index is -0.467. The van der Waals surface area contributed by atoms with E-state index in [-0.39, 0.29) is 5.56 Å². The van der Waals surface area contributed by atoms with Crippen molar-refractivity contribution in [3.8, 4) is 6.07 Å². The fraction of sp³-hybridized carbons (Fsp3) is 0.417. The lowest BCUT2D eigenvalue weighted by Gasteiger charge is -2.10. The van der Waals surface area contributed by atoms with Gasteiger partial charge in [-0.1, -0.05) is 6.07 Å². The first-order valence-corrected chi connectivity index (χ1v) is 5.36. The topological polar surface area (TPSA) is 40.3 Å². The zero-order valence-electron chi connectivity index (χ0n) is 9.68. The number of benzene rings is 1. The number of hydrogen-bond donors (Lipinski definition) is 2. The first-order valence-electron chi connectivity index (χ1n) is 5.36. The minimum Gasteiger partial charge on any atom is -0.384 e. The molecule has 0 aliphatic carbocycles. The van der Waals surface area contributed by atoms with Gasteiger partial charge in [-0.05, 0) is 12.1 Å². The van der Waals surface area contributed by atoms with Crippen LogP contribution in [0.5, 0.6) is 0 Å². The van der Waals surface area contributed by atoms with Crippen LogP contribution in [0.4, 0.5) is 10.1 Å². The number of nitrogens with zero attached hydrogens (tertiary/aromatic N) is 1. The van der Waals surface area contributed by atoms with Crippen LogP contribution >= 0.6 is 0 Å². The number of nitrogens with one attached hydrogen (secondary N) is 2. The van der Waals surface area contributed by atoms with E-state index in [0.29, 0.717) is 5.69 Å². The molecule has 0 heterocycles. The van der Waals surface area contributed by atoms with Gasteiger partial charge in [-0.25, -0.2) is 4.39 Å². The summed E-state index contributed by atoms with van der Waals surface area (Å²) in [5.74, 6) is -0.467. The van der Waals surface area contributed by atoms with Crippen LogP contribution in [-0.4, -0.2) is 27.2 Å². The summed E-state index contributed by atoms with van der Waals surface area (Å²) in [6, 6.07) is 6.50. The van der Waals surface area contributed by atoms with Gasteiger partial charge in [-0.3, -0.25) is 0 Å². The number of anilines is 1. The van der Waals surface area contributed by atoms with Crippen molar-refractivity contribution in [1.29, 1.82) is 5.26 Å². The Labute approximate surface area is 95.5 Å². The van der Waals surface area contributed by atoms with Gasteiger partial charge in [0.15, 0.2) is 0 Å². The molecule has 86 valence electrons. The Hall–Kier alpha value is -1.60. The molecule has 0 unspecified atom stereocenters. The van der Waals surface area contributed by atoms with Crippen LogP contribution in [0, 0.1) is 17.1 Å². The van der Waals surface area contributed by atoms with Crippen molar-refractivity contribution < 1.29 is 9.29 Å². The molecule has 0 aliphatic heterocycles. The molecule has 0 saturated heterocycles. The van der Waals surface area contributed by atoms with Crippen LogP contribution < -0.4 is 10.2 Å². The molecule has 2 N–H and O–H groups in total. The first-order chi connectivity index (χ1) is 7.65. The molecule has 3 nitrogen and oxygen atoms in total. The number of rotatable bonds is 5. The monoisotopic (exact) mass is 222 g/mol. The Morgan fingerprint density at radius 3 is 2.81 bits per heavy atom. The van der Waals surface area contributed by atoms with E-state index in [0.717, 1.165) is 19.5 Å². The zero-order chi connectivity index (χ0) is 12.0. The van der Waals surface area contributed by atoms with E-state index >= 15 is 0 Å². The number of hydrogen-bond acceptors (Lipinski definition) is 2. The van der Waals surface area contributed by atoms with E-state index < -0.39 is 5.82 Å². The fourth-order valence-electron chi connectivity index (χ4n) is 1.45. The maximum absolute atomic E-state index is 13.2. The van der Waals surface area contributed by atoms with E-state index in [1.54, 1.807) is 12.1 Å². The van der Waals surface area contributed by atoms with Gasteiger partial charge in [-0.15, -0.1) is 0 Å². The van der Waals surface area contributed by atoms with Crippen molar-refractivity contribution in [3.63, 3.8) is 0 Å². The van der Waals surface area contributed by atoms with Crippen LogP contribution in [0.3, 0.4) is 0 Å². The molecule has 0 saturated carbocycles. The lowest BCUT2D eigenvalue weighted by molar-refractivity contribution is -0.858. The molecule has 0 aliphatic rings.